The Morgan fingerprint density at radius 3 is 2.29 bits per heavy atom. The molecule has 0 aromatic rings. The molecule has 0 aromatic heterocycles. The van der Waals surface area contributed by atoms with Gasteiger partial charge in [-0.25, -0.2) is 0 Å². The fourth-order valence-corrected chi connectivity index (χ4v) is 3.48. The minimum absolute atomic E-state index is 0.409. The lowest BCUT2D eigenvalue weighted by Gasteiger charge is -2.09. The van der Waals surface area contributed by atoms with E-state index < -0.39 is 10.1 Å². The van der Waals surface area contributed by atoms with Gasteiger partial charge < -0.3 is 0 Å². The number of hydrogen-bond donors (Lipinski definition) is 0. The zero-order valence-corrected chi connectivity index (χ0v) is 9.42. The summed E-state index contributed by atoms with van der Waals surface area (Å²) < 4.78 is 26.5. The van der Waals surface area contributed by atoms with Crippen LogP contribution >= 0.6 is 0 Å². The lowest BCUT2D eigenvalue weighted by atomic mass is 10.0. The zero-order valence-electron chi connectivity index (χ0n) is 8.61. The minimum atomic E-state index is -3.24. The third kappa shape index (κ3) is 2.48. The number of rotatable bonds is 3. The van der Waals surface area contributed by atoms with Gasteiger partial charge in [-0.2, -0.15) is 8.42 Å². The number of hydrogen-bond acceptors (Lipinski definition) is 3. The first-order valence-electron chi connectivity index (χ1n) is 5.39. The Kier molecular flexibility index (Phi) is 2.84. The highest BCUT2D eigenvalue weighted by atomic mass is 32.2. The molecule has 2 aliphatic carbocycles. The molecule has 2 atom stereocenters. The summed E-state index contributed by atoms with van der Waals surface area (Å²) in [6.07, 6.45) is 7.55. The Balaban J connectivity index is 1.80. The predicted molar refractivity (Wildman–Crippen MR) is 54.4 cm³/mol. The topological polar surface area (TPSA) is 43.4 Å². The molecule has 0 aromatic carbocycles. The van der Waals surface area contributed by atoms with E-state index in [-0.39, 0.29) is 0 Å². The molecule has 4 heteroatoms. The van der Waals surface area contributed by atoms with Gasteiger partial charge in [0, 0.05) is 0 Å². The molecule has 0 N–H and O–H groups in total. The molecule has 2 saturated carbocycles. The first kappa shape index (κ1) is 10.4. The molecule has 0 bridgehead atoms. The van der Waals surface area contributed by atoms with E-state index in [0.29, 0.717) is 12.5 Å². The molecule has 0 amide bonds. The van der Waals surface area contributed by atoms with Gasteiger partial charge in [-0.05, 0) is 30.6 Å². The van der Waals surface area contributed by atoms with Crippen molar-refractivity contribution in [3.63, 3.8) is 0 Å². The van der Waals surface area contributed by atoms with Crippen LogP contribution in [0.1, 0.15) is 32.1 Å². The summed E-state index contributed by atoms with van der Waals surface area (Å²) in [5.74, 6) is 2.21. The maximum Gasteiger partial charge on any atom is 0.264 e. The van der Waals surface area contributed by atoms with Crippen LogP contribution in [-0.4, -0.2) is 21.3 Å². The Morgan fingerprint density at radius 1 is 1.21 bits per heavy atom. The van der Waals surface area contributed by atoms with Crippen molar-refractivity contribution >= 4 is 10.1 Å². The highest BCUT2D eigenvalue weighted by molar-refractivity contribution is 7.85. The summed E-state index contributed by atoms with van der Waals surface area (Å²) >= 11 is 0. The second kappa shape index (κ2) is 3.81. The zero-order chi connectivity index (χ0) is 10.2. The van der Waals surface area contributed by atoms with Crippen LogP contribution in [0, 0.1) is 17.8 Å². The van der Waals surface area contributed by atoms with Crippen LogP contribution in [0.25, 0.3) is 0 Å². The van der Waals surface area contributed by atoms with E-state index >= 15 is 0 Å². The predicted octanol–water partition coefficient (Wildman–Crippen LogP) is 1.79. The van der Waals surface area contributed by atoms with Crippen molar-refractivity contribution in [3.05, 3.63) is 0 Å². The standard InChI is InChI=1S/C10H18O3S/c1-14(11,12)13-7-8-5-9-3-2-4-10(9)6-8/h8-10H,2-7H2,1H3. The van der Waals surface area contributed by atoms with Gasteiger partial charge >= 0.3 is 0 Å². The van der Waals surface area contributed by atoms with Crippen LogP contribution in [0.5, 0.6) is 0 Å². The lowest BCUT2D eigenvalue weighted by molar-refractivity contribution is 0.251. The molecule has 0 spiro atoms. The molecule has 2 fully saturated rings. The van der Waals surface area contributed by atoms with Crippen molar-refractivity contribution in [3.8, 4) is 0 Å². The normalized spacial score (nSPS) is 37.4. The molecule has 0 heterocycles. The molecule has 82 valence electrons. The fraction of sp³-hybridized carbons (Fsp3) is 1.00. The van der Waals surface area contributed by atoms with Crippen LogP contribution < -0.4 is 0 Å². The Bertz CT molecular complexity index is 284. The molecule has 0 aliphatic heterocycles. The largest absolute Gasteiger partial charge is 0.270 e. The molecular weight excluding hydrogens is 200 g/mol. The summed E-state index contributed by atoms with van der Waals surface area (Å²) in [6.45, 7) is 0.409. The maximum absolute atomic E-state index is 10.8. The Hall–Kier alpha value is -0.0900. The minimum Gasteiger partial charge on any atom is -0.270 e. The first-order valence-corrected chi connectivity index (χ1v) is 7.20. The van der Waals surface area contributed by atoms with Crippen molar-refractivity contribution < 1.29 is 12.6 Å². The van der Waals surface area contributed by atoms with Crippen molar-refractivity contribution in [2.45, 2.75) is 32.1 Å². The van der Waals surface area contributed by atoms with Gasteiger partial charge in [-0.3, -0.25) is 4.18 Å². The first-order chi connectivity index (χ1) is 6.54. The monoisotopic (exact) mass is 218 g/mol. The third-order valence-corrected chi connectivity index (χ3v) is 4.17. The van der Waals surface area contributed by atoms with E-state index in [1.54, 1.807) is 0 Å². The highest BCUT2D eigenvalue weighted by Gasteiger charge is 2.37. The number of fused-ring (bicyclic) bond motifs is 1. The van der Waals surface area contributed by atoms with Crippen molar-refractivity contribution in [2.75, 3.05) is 12.9 Å². The summed E-state index contributed by atoms with van der Waals surface area (Å²) in [7, 11) is -3.24. The van der Waals surface area contributed by atoms with Crippen LogP contribution in [0.3, 0.4) is 0 Å². The average Bonchev–Trinajstić information content (AvgIpc) is 2.56. The van der Waals surface area contributed by atoms with E-state index in [2.05, 4.69) is 0 Å². The summed E-state index contributed by atoms with van der Waals surface area (Å²) in [6, 6.07) is 0. The second-order valence-corrected chi connectivity index (χ2v) is 6.42. The van der Waals surface area contributed by atoms with Gasteiger partial charge in [0.1, 0.15) is 0 Å². The Labute approximate surface area is 86.0 Å². The van der Waals surface area contributed by atoms with Crippen molar-refractivity contribution in [1.29, 1.82) is 0 Å². The SMILES string of the molecule is CS(=O)(=O)OCC1CC2CCCC2C1. The van der Waals surface area contributed by atoms with Crippen LogP contribution in [0.15, 0.2) is 0 Å². The molecule has 3 nitrogen and oxygen atoms in total. The van der Waals surface area contributed by atoms with Crippen LogP contribution in [-0.2, 0) is 14.3 Å². The quantitative estimate of drug-likeness (QED) is 0.678. The molecule has 14 heavy (non-hydrogen) atoms. The van der Waals surface area contributed by atoms with Gasteiger partial charge in [0.25, 0.3) is 10.1 Å². The van der Waals surface area contributed by atoms with Gasteiger partial charge in [0.05, 0.1) is 12.9 Å². The van der Waals surface area contributed by atoms with E-state index in [9.17, 15) is 8.42 Å². The summed E-state index contributed by atoms with van der Waals surface area (Å²) in [4.78, 5) is 0. The third-order valence-electron chi connectivity index (χ3n) is 3.61. The lowest BCUT2D eigenvalue weighted by Crippen LogP contribution is -2.11. The maximum atomic E-state index is 10.8. The molecule has 2 aliphatic rings. The summed E-state index contributed by atoms with van der Waals surface area (Å²) in [5.41, 5.74) is 0. The average molecular weight is 218 g/mol. The van der Waals surface area contributed by atoms with Gasteiger partial charge in [0.15, 0.2) is 0 Å². The van der Waals surface area contributed by atoms with Crippen molar-refractivity contribution in [1.82, 2.24) is 0 Å². The highest BCUT2D eigenvalue weighted by Crippen LogP contribution is 2.46. The smallest absolute Gasteiger partial charge is 0.264 e. The summed E-state index contributed by atoms with van der Waals surface area (Å²) in [5, 5.41) is 0. The van der Waals surface area contributed by atoms with Crippen LogP contribution in [0.4, 0.5) is 0 Å². The molecule has 2 unspecified atom stereocenters. The van der Waals surface area contributed by atoms with E-state index in [4.69, 9.17) is 4.18 Å². The molecule has 0 radical (unpaired) electrons. The van der Waals surface area contributed by atoms with E-state index in [0.717, 1.165) is 18.1 Å². The van der Waals surface area contributed by atoms with E-state index in [1.165, 1.54) is 32.1 Å². The molecule has 0 saturated heterocycles. The van der Waals surface area contributed by atoms with E-state index in [1.807, 2.05) is 0 Å². The van der Waals surface area contributed by atoms with Crippen LogP contribution in [0.2, 0.25) is 0 Å². The van der Waals surface area contributed by atoms with Gasteiger partial charge in [-0.1, -0.05) is 19.3 Å². The van der Waals surface area contributed by atoms with Gasteiger partial charge in [-0.15, -0.1) is 0 Å². The fourth-order valence-electron chi connectivity index (χ4n) is 3.04. The second-order valence-electron chi connectivity index (χ2n) is 4.78. The van der Waals surface area contributed by atoms with Crippen molar-refractivity contribution in [2.24, 2.45) is 17.8 Å². The molecular formula is C10H18O3S. The Morgan fingerprint density at radius 2 is 1.79 bits per heavy atom. The molecule has 2 rings (SSSR count). The van der Waals surface area contributed by atoms with Gasteiger partial charge in [0.2, 0.25) is 0 Å².